The van der Waals surface area contributed by atoms with Gasteiger partial charge in [-0.3, -0.25) is 19.8 Å². The van der Waals surface area contributed by atoms with Crippen LogP contribution in [-0.2, 0) is 17.8 Å². The summed E-state index contributed by atoms with van der Waals surface area (Å²) in [5.41, 5.74) is 4.71. The van der Waals surface area contributed by atoms with Crippen LogP contribution in [0.5, 0.6) is 0 Å². The lowest BCUT2D eigenvalue weighted by atomic mass is 9.94. The minimum atomic E-state index is -0.413. The number of hydrogen-bond donors (Lipinski definition) is 0. The van der Waals surface area contributed by atoms with Crippen LogP contribution in [0.4, 0.5) is 8.78 Å². The molecule has 3 heterocycles. The Bertz CT molecular complexity index is 1090. The highest BCUT2D eigenvalue weighted by Crippen LogP contribution is 2.24. The molecule has 0 radical (unpaired) electrons. The van der Waals surface area contributed by atoms with Gasteiger partial charge in [0, 0.05) is 42.1 Å². The number of nitrogens with zero attached hydrogens (tertiary/aromatic N) is 3. The van der Waals surface area contributed by atoms with Gasteiger partial charge in [0.1, 0.15) is 17.4 Å². The number of aromatic nitrogens is 2. The third kappa shape index (κ3) is 4.26. The van der Waals surface area contributed by atoms with E-state index in [0.29, 0.717) is 29.9 Å². The predicted molar refractivity (Wildman–Crippen MR) is 106 cm³/mol. The van der Waals surface area contributed by atoms with Gasteiger partial charge >= 0.3 is 0 Å². The fourth-order valence-electron chi connectivity index (χ4n) is 3.55. The average molecular weight is 391 g/mol. The molecule has 0 saturated carbocycles. The molecule has 6 heteroatoms. The molecule has 2 aromatic heterocycles. The number of hydrogen-bond acceptors (Lipinski definition) is 4. The van der Waals surface area contributed by atoms with E-state index in [2.05, 4.69) is 15.0 Å². The number of Topliss-reactive ketones (excluding diaryl/α,β-unsaturated/α-hetero) is 1. The average Bonchev–Trinajstić information content (AvgIpc) is 3.11. The van der Waals surface area contributed by atoms with Crippen molar-refractivity contribution in [2.24, 2.45) is 4.99 Å². The maximum atomic E-state index is 13.5. The number of rotatable bonds is 6. The summed E-state index contributed by atoms with van der Waals surface area (Å²) in [7, 11) is 0. The van der Waals surface area contributed by atoms with Crippen molar-refractivity contribution in [3.63, 3.8) is 0 Å². The highest BCUT2D eigenvalue weighted by Gasteiger charge is 2.20. The van der Waals surface area contributed by atoms with E-state index >= 15 is 0 Å². The van der Waals surface area contributed by atoms with Gasteiger partial charge in [-0.25, -0.2) is 8.78 Å². The number of fused-ring (bicyclic) bond motifs is 1. The molecule has 0 saturated heterocycles. The van der Waals surface area contributed by atoms with Crippen molar-refractivity contribution in [2.75, 3.05) is 0 Å². The second kappa shape index (κ2) is 7.99. The van der Waals surface area contributed by atoms with E-state index in [1.165, 1.54) is 18.2 Å². The van der Waals surface area contributed by atoms with Crippen molar-refractivity contribution in [1.82, 2.24) is 9.97 Å². The minimum Gasteiger partial charge on any atom is -0.299 e. The molecule has 3 aromatic rings. The first kappa shape index (κ1) is 19.1. The third-order valence-corrected chi connectivity index (χ3v) is 5.04. The molecule has 0 aliphatic carbocycles. The molecule has 1 atom stereocenters. The van der Waals surface area contributed by atoms with Gasteiger partial charge in [0.25, 0.3) is 0 Å². The number of benzene rings is 1. The Labute approximate surface area is 167 Å². The van der Waals surface area contributed by atoms with Crippen LogP contribution >= 0.6 is 0 Å². The largest absolute Gasteiger partial charge is 0.299 e. The Morgan fingerprint density at radius 1 is 1.07 bits per heavy atom. The lowest BCUT2D eigenvalue weighted by molar-refractivity contribution is -0.118. The van der Waals surface area contributed by atoms with Crippen LogP contribution < -0.4 is 0 Å². The van der Waals surface area contributed by atoms with Crippen molar-refractivity contribution in [3.8, 4) is 0 Å². The molecule has 0 fully saturated rings. The SMILES string of the molecule is C[C@@H](CC(=O)Cc1cc2c(cn1)C(c1cncc(F)c1)=NC2)c1ccc(F)cc1. The Hall–Kier alpha value is -3.28. The quantitative estimate of drug-likeness (QED) is 0.625. The molecule has 29 heavy (non-hydrogen) atoms. The molecule has 0 unspecified atom stereocenters. The van der Waals surface area contributed by atoms with E-state index in [9.17, 15) is 13.6 Å². The van der Waals surface area contributed by atoms with Gasteiger partial charge in [0.15, 0.2) is 0 Å². The van der Waals surface area contributed by atoms with Gasteiger partial charge < -0.3 is 0 Å². The molecule has 0 spiro atoms. The summed E-state index contributed by atoms with van der Waals surface area (Å²) in [5.74, 6) is -0.620. The van der Waals surface area contributed by atoms with Crippen molar-refractivity contribution in [2.45, 2.75) is 32.2 Å². The number of ketones is 1. The Balaban J connectivity index is 1.43. The molecular weight excluding hydrogens is 372 g/mol. The topological polar surface area (TPSA) is 55.2 Å². The van der Waals surface area contributed by atoms with E-state index in [-0.39, 0.29) is 23.9 Å². The number of aliphatic imine (C=N–C) groups is 1. The lowest BCUT2D eigenvalue weighted by Gasteiger charge is -2.11. The lowest BCUT2D eigenvalue weighted by Crippen LogP contribution is -2.10. The molecule has 0 amide bonds. The molecule has 1 aliphatic heterocycles. The van der Waals surface area contributed by atoms with Gasteiger partial charge in [0.05, 0.1) is 18.5 Å². The monoisotopic (exact) mass is 391 g/mol. The van der Waals surface area contributed by atoms with Gasteiger partial charge in [-0.15, -0.1) is 0 Å². The summed E-state index contributed by atoms with van der Waals surface area (Å²) in [6.07, 6.45) is 5.01. The zero-order chi connectivity index (χ0) is 20.4. The van der Waals surface area contributed by atoms with E-state index in [1.807, 2.05) is 13.0 Å². The molecule has 4 rings (SSSR count). The first-order valence-corrected chi connectivity index (χ1v) is 9.40. The third-order valence-electron chi connectivity index (χ3n) is 5.04. The van der Waals surface area contributed by atoms with Crippen molar-refractivity contribution < 1.29 is 13.6 Å². The Morgan fingerprint density at radius 3 is 2.62 bits per heavy atom. The van der Waals surface area contributed by atoms with Crippen molar-refractivity contribution in [1.29, 1.82) is 0 Å². The Morgan fingerprint density at radius 2 is 1.86 bits per heavy atom. The number of carbonyl (C=O) groups is 1. The fraction of sp³-hybridized carbons (Fsp3) is 0.217. The summed E-state index contributed by atoms with van der Waals surface area (Å²) < 4.78 is 26.5. The van der Waals surface area contributed by atoms with Gasteiger partial charge in [-0.2, -0.15) is 0 Å². The number of carbonyl (C=O) groups excluding carboxylic acids is 1. The van der Waals surface area contributed by atoms with Gasteiger partial charge in [-0.1, -0.05) is 19.1 Å². The van der Waals surface area contributed by atoms with E-state index in [0.717, 1.165) is 22.9 Å². The molecule has 1 aromatic carbocycles. The predicted octanol–water partition coefficient (Wildman–Crippen LogP) is 4.41. The van der Waals surface area contributed by atoms with E-state index in [4.69, 9.17) is 0 Å². The molecule has 1 aliphatic rings. The van der Waals surface area contributed by atoms with Crippen LogP contribution in [0, 0.1) is 11.6 Å². The summed E-state index contributed by atoms with van der Waals surface area (Å²) in [6, 6.07) is 9.52. The molecular formula is C23H19F2N3O. The Kier molecular flexibility index (Phi) is 5.25. The van der Waals surface area contributed by atoms with Crippen LogP contribution in [-0.4, -0.2) is 21.5 Å². The van der Waals surface area contributed by atoms with Crippen molar-refractivity contribution >= 4 is 11.5 Å². The zero-order valence-corrected chi connectivity index (χ0v) is 15.9. The maximum Gasteiger partial charge on any atom is 0.142 e. The fourth-order valence-corrected chi connectivity index (χ4v) is 3.55. The normalized spacial score (nSPS) is 13.7. The first-order chi connectivity index (χ1) is 14.0. The highest BCUT2D eigenvalue weighted by atomic mass is 19.1. The van der Waals surface area contributed by atoms with Gasteiger partial charge in [0.2, 0.25) is 0 Å². The smallest absolute Gasteiger partial charge is 0.142 e. The summed E-state index contributed by atoms with van der Waals surface area (Å²) in [5, 5.41) is 0. The standard InChI is InChI=1S/C23H19F2N3O/c1-14(15-2-4-18(24)5-3-15)6-21(29)9-20-8-16-11-28-23(22(16)13-27-20)17-7-19(25)12-26-10-17/h2-5,7-8,10,12-14H,6,9,11H2,1H3/t14-/m0/s1. The summed E-state index contributed by atoms with van der Waals surface area (Å²) in [4.78, 5) is 25.3. The van der Waals surface area contributed by atoms with E-state index in [1.54, 1.807) is 24.5 Å². The van der Waals surface area contributed by atoms with Crippen LogP contribution in [0.15, 0.2) is 60.0 Å². The molecule has 146 valence electrons. The first-order valence-electron chi connectivity index (χ1n) is 9.40. The van der Waals surface area contributed by atoms with Crippen LogP contribution in [0.1, 0.15) is 47.2 Å². The van der Waals surface area contributed by atoms with Crippen molar-refractivity contribution in [3.05, 3.63) is 94.6 Å². The zero-order valence-electron chi connectivity index (χ0n) is 15.9. The molecule has 0 N–H and O–H groups in total. The maximum absolute atomic E-state index is 13.5. The second-order valence-corrected chi connectivity index (χ2v) is 7.26. The summed E-state index contributed by atoms with van der Waals surface area (Å²) in [6.45, 7) is 2.42. The second-order valence-electron chi connectivity index (χ2n) is 7.26. The van der Waals surface area contributed by atoms with E-state index < -0.39 is 5.82 Å². The van der Waals surface area contributed by atoms with Gasteiger partial charge in [-0.05, 0) is 41.3 Å². The number of pyridine rings is 2. The molecule has 4 nitrogen and oxygen atoms in total. The van der Waals surface area contributed by atoms with Crippen LogP contribution in [0.2, 0.25) is 0 Å². The minimum absolute atomic E-state index is 0.00735. The number of halogens is 2. The van der Waals surface area contributed by atoms with Crippen LogP contribution in [0.3, 0.4) is 0 Å². The van der Waals surface area contributed by atoms with Crippen LogP contribution in [0.25, 0.3) is 0 Å². The molecule has 0 bridgehead atoms. The summed E-state index contributed by atoms with van der Waals surface area (Å²) >= 11 is 0. The highest BCUT2D eigenvalue weighted by molar-refractivity contribution is 6.14.